The van der Waals surface area contributed by atoms with Gasteiger partial charge in [-0.15, -0.1) is 0 Å². The molecule has 0 bridgehead atoms. The Hall–Kier alpha value is -2.49. The van der Waals surface area contributed by atoms with Crippen LogP contribution in [0.2, 0.25) is 0 Å². The lowest BCUT2D eigenvalue weighted by Crippen LogP contribution is -2.40. The predicted molar refractivity (Wildman–Crippen MR) is 95.9 cm³/mol. The maximum absolute atomic E-state index is 13.0. The van der Waals surface area contributed by atoms with Gasteiger partial charge in [0.1, 0.15) is 5.75 Å². The molecule has 0 saturated heterocycles. The maximum atomic E-state index is 13.0. The van der Waals surface area contributed by atoms with E-state index in [2.05, 4.69) is 23.5 Å². The number of ether oxygens (including phenoxy) is 1. The lowest BCUT2D eigenvalue weighted by Gasteiger charge is -2.30. The molecule has 1 saturated carbocycles. The third-order valence-corrected chi connectivity index (χ3v) is 5.08. The minimum Gasteiger partial charge on any atom is -0.496 e. The van der Waals surface area contributed by atoms with E-state index in [1.807, 2.05) is 36.1 Å². The Balaban J connectivity index is 1.54. The van der Waals surface area contributed by atoms with Gasteiger partial charge >= 0.3 is 0 Å². The normalized spacial score (nSPS) is 21.7. The molecule has 2 aliphatic rings. The first-order valence-corrected chi connectivity index (χ1v) is 8.48. The van der Waals surface area contributed by atoms with Gasteiger partial charge < -0.3 is 15.0 Å². The van der Waals surface area contributed by atoms with Crippen LogP contribution in [0.4, 0.5) is 11.4 Å². The number of carbonyl (C=O) groups excluding carboxylic acids is 1. The van der Waals surface area contributed by atoms with Crippen LogP contribution >= 0.6 is 0 Å². The molecule has 2 unspecified atom stereocenters. The number of hydrogen-bond donors (Lipinski definition) is 1. The fourth-order valence-electron chi connectivity index (χ4n) is 3.61. The molecule has 1 amide bonds. The Morgan fingerprint density at radius 2 is 2.08 bits per heavy atom. The fourth-order valence-corrected chi connectivity index (χ4v) is 3.61. The first-order valence-electron chi connectivity index (χ1n) is 8.48. The molecule has 24 heavy (non-hydrogen) atoms. The molecule has 0 radical (unpaired) electrons. The van der Waals surface area contributed by atoms with Gasteiger partial charge in [-0.2, -0.15) is 0 Å². The van der Waals surface area contributed by atoms with Gasteiger partial charge in [-0.1, -0.05) is 24.3 Å². The summed E-state index contributed by atoms with van der Waals surface area (Å²) in [5.41, 5.74) is 4.38. The summed E-state index contributed by atoms with van der Waals surface area (Å²) in [6.07, 6.45) is 0.928. The quantitative estimate of drug-likeness (QED) is 0.939. The molecule has 1 aliphatic heterocycles. The number of carbonyl (C=O) groups is 1. The summed E-state index contributed by atoms with van der Waals surface area (Å²) in [7, 11) is 1.69. The highest BCUT2D eigenvalue weighted by Gasteiger charge is 2.46. The number of benzene rings is 2. The largest absolute Gasteiger partial charge is 0.496 e. The van der Waals surface area contributed by atoms with Crippen molar-refractivity contribution in [1.29, 1.82) is 0 Å². The monoisotopic (exact) mass is 322 g/mol. The number of rotatable bonds is 3. The molecule has 2 aromatic carbocycles. The van der Waals surface area contributed by atoms with Gasteiger partial charge in [0, 0.05) is 19.0 Å². The second-order valence-corrected chi connectivity index (χ2v) is 6.61. The summed E-state index contributed by atoms with van der Waals surface area (Å²) in [6, 6.07) is 14.3. The number of amides is 1. The highest BCUT2D eigenvalue weighted by Crippen LogP contribution is 2.50. The summed E-state index contributed by atoms with van der Waals surface area (Å²) >= 11 is 0. The van der Waals surface area contributed by atoms with Crippen LogP contribution in [0.3, 0.4) is 0 Å². The molecule has 1 aliphatic carbocycles. The molecule has 124 valence electrons. The van der Waals surface area contributed by atoms with Crippen LogP contribution in [0.15, 0.2) is 42.5 Å². The molecule has 0 spiro atoms. The Kier molecular flexibility index (Phi) is 3.68. The zero-order valence-corrected chi connectivity index (χ0v) is 14.1. The molecular weight excluding hydrogens is 300 g/mol. The van der Waals surface area contributed by atoms with E-state index < -0.39 is 0 Å². The molecule has 4 nitrogen and oxygen atoms in total. The van der Waals surface area contributed by atoms with Gasteiger partial charge in [-0.05, 0) is 48.6 Å². The first kappa shape index (κ1) is 15.1. The fraction of sp³-hybridized carbons (Fsp3) is 0.350. The van der Waals surface area contributed by atoms with Gasteiger partial charge in [0.25, 0.3) is 0 Å². The van der Waals surface area contributed by atoms with E-state index in [4.69, 9.17) is 4.74 Å². The molecular formula is C20H22N2O2. The highest BCUT2D eigenvalue weighted by molar-refractivity contribution is 6.00. The third-order valence-electron chi connectivity index (χ3n) is 5.08. The van der Waals surface area contributed by atoms with E-state index in [0.29, 0.717) is 5.92 Å². The minimum atomic E-state index is 0.0866. The molecule has 1 heterocycles. The molecule has 0 aromatic heterocycles. The molecule has 1 fully saturated rings. The van der Waals surface area contributed by atoms with Crippen molar-refractivity contribution in [2.24, 2.45) is 5.92 Å². The van der Waals surface area contributed by atoms with Crippen molar-refractivity contribution in [2.75, 3.05) is 30.4 Å². The van der Waals surface area contributed by atoms with Gasteiger partial charge in [0.15, 0.2) is 0 Å². The average molecular weight is 322 g/mol. The molecule has 4 rings (SSSR count). The van der Waals surface area contributed by atoms with E-state index in [1.54, 1.807) is 7.11 Å². The number of hydrogen-bond acceptors (Lipinski definition) is 3. The number of aryl methyl sites for hydroxylation is 1. The summed E-state index contributed by atoms with van der Waals surface area (Å²) in [4.78, 5) is 14.9. The van der Waals surface area contributed by atoms with E-state index in [9.17, 15) is 4.79 Å². The van der Waals surface area contributed by atoms with Gasteiger partial charge in [0.2, 0.25) is 5.91 Å². The van der Waals surface area contributed by atoms with Gasteiger partial charge in [0.05, 0.1) is 18.5 Å². The number of methoxy groups -OCH3 is 1. The van der Waals surface area contributed by atoms with Gasteiger partial charge in [-0.25, -0.2) is 0 Å². The topological polar surface area (TPSA) is 41.6 Å². The van der Waals surface area contributed by atoms with Crippen molar-refractivity contribution < 1.29 is 9.53 Å². The van der Waals surface area contributed by atoms with Crippen LogP contribution in [-0.2, 0) is 4.79 Å². The number of nitrogens with zero attached hydrogens (tertiary/aromatic N) is 1. The maximum Gasteiger partial charge on any atom is 0.230 e. The number of fused-ring (bicyclic) bond motifs is 1. The highest BCUT2D eigenvalue weighted by atomic mass is 16.5. The van der Waals surface area contributed by atoms with Gasteiger partial charge in [-0.3, -0.25) is 4.79 Å². The second kappa shape index (κ2) is 5.86. The SMILES string of the molecule is COc1cc(C2CC2C(=O)N2CCNc3ccccc32)ccc1C. The Morgan fingerprint density at radius 3 is 2.92 bits per heavy atom. The van der Waals surface area contributed by atoms with Crippen molar-refractivity contribution in [3.05, 3.63) is 53.6 Å². The lowest BCUT2D eigenvalue weighted by atomic mass is 10.1. The zero-order valence-electron chi connectivity index (χ0n) is 14.1. The van der Waals surface area contributed by atoms with Crippen LogP contribution in [-0.4, -0.2) is 26.1 Å². The Labute approximate surface area is 142 Å². The minimum absolute atomic E-state index is 0.0866. The predicted octanol–water partition coefficient (Wildman–Crippen LogP) is 3.57. The summed E-state index contributed by atoms with van der Waals surface area (Å²) in [6.45, 7) is 3.57. The molecule has 2 atom stereocenters. The lowest BCUT2D eigenvalue weighted by molar-refractivity contribution is -0.119. The Morgan fingerprint density at radius 1 is 1.25 bits per heavy atom. The van der Waals surface area contributed by atoms with E-state index in [0.717, 1.165) is 42.2 Å². The van der Waals surface area contributed by atoms with Crippen molar-refractivity contribution in [3.63, 3.8) is 0 Å². The Bertz CT molecular complexity index is 787. The van der Waals surface area contributed by atoms with Crippen molar-refractivity contribution >= 4 is 17.3 Å². The summed E-state index contributed by atoms with van der Waals surface area (Å²) in [5.74, 6) is 1.55. The smallest absolute Gasteiger partial charge is 0.230 e. The van der Waals surface area contributed by atoms with Crippen LogP contribution in [0.5, 0.6) is 5.75 Å². The van der Waals surface area contributed by atoms with Crippen molar-refractivity contribution in [3.8, 4) is 5.75 Å². The van der Waals surface area contributed by atoms with E-state index in [1.165, 1.54) is 5.56 Å². The van der Waals surface area contributed by atoms with Crippen LogP contribution in [0, 0.1) is 12.8 Å². The first-order chi connectivity index (χ1) is 11.7. The van der Waals surface area contributed by atoms with Crippen molar-refractivity contribution in [1.82, 2.24) is 0 Å². The molecule has 4 heteroatoms. The van der Waals surface area contributed by atoms with Crippen LogP contribution < -0.4 is 15.0 Å². The van der Waals surface area contributed by atoms with E-state index in [-0.39, 0.29) is 11.8 Å². The summed E-state index contributed by atoms with van der Waals surface area (Å²) < 4.78 is 5.42. The second-order valence-electron chi connectivity index (χ2n) is 6.61. The summed E-state index contributed by atoms with van der Waals surface area (Å²) in [5, 5.41) is 3.36. The van der Waals surface area contributed by atoms with E-state index >= 15 is 0 Å². The van der Waals surface area contributed by atoms with Crippen LogP contribution in [0.25, 0.3) is 0 Å². The third kappa shape index (κ3) is 2.52. The zero-order chi connectivity index (χ0) is 16.7. The molecule has 1 N–H and O–H groups in total. The van der Waals surface area contributed by atoms with Crippen molar-refractivity contribution in [2.45, 2.75) is 19.3 Å². The standard InChI is InChI=1S/C20H22N2O2/c1-13-7-8-14(11-19(13)24-2)15-12-16(15)20(23)22-10-9-21-17-5-3-4-6-18(17)22/h3-8,11,15-16,21H,9-10,12H2,1-2H3. The number of nitrogens with one attached hydrogen (secondary N) is 1. The van der Waals surface area contributed by atoms with Crippen LogP contribution in [0.1, 0.15) is 23.5 Å². The number of anilines is 2. The number of para-hydroxylation sites is 2. The average Bonchev–Trinajstić information content (AvgIpc) is 3.42. The molecule has 2 aromatic rings.